The van der Waals surface area contributed by atoms with E-state index in [1.165, 1.54) is 25.7 Å². The third-order valence-corrected chi connectivity index (χ3v) is 7.01. The number of piperazine rings is 1. The minimum atomic E-state index is -4.80. The van der Waals surface area contributed by atoms with Gasteiger partial charge in [-0.05, 0) is 24.8 Å². The lowest BCUT2D eigenvalue weighted by Gasteiger charge is -2.35. The third kappa shape index (κ3) is 4.80. The molecule has 0 amide bonds. The molecular weight excluding hydrogens is 435 g/mol. The van der Waals surface area contributed by atoms with Gasteiger partial charge in [0.1, 0.15) is 4.70 Å². The van der Waals surface area contributed by atoms with Crippen LogP contribution in [0.4, 0.5) is 24.0 Å². The first-order valence-corrected chi connectivity index (χ1v) is 11.0. The molecule has 4 rings (SSSR count). The molecular formula is C19H22F3N5O3S. The molecule has 1 aliphatic heterocycles. The van der Waals surface area contributed by atoms with E-state index in [4.69, 9.17) is 0 Å². The second kappa shape index (κ2) is 8.67. The molecule has 1 aromatic carbocycles. The summed E-state index contributed by atoms with van der Waals surface area (Å²) < 4.78 is 39.2. The predicted molar refractivity (Wildman–Crippen MR) is 111 cm³/mol. The minimum Gasteiger partial charge on any atom is -0.345 e. The normalized spacial score (nSPS) is 18.7. The smallest absolute Gasteiger partial charge is 0.345 e. The number of hydrazine groups is 1. The molecule has 2 fully saturated rings. The highest BCUT2D eigenvalue weighted by molar-refractivity contribution is 7.22. The van der Waals surface area contributed by atoms with Crippen molar-refractivity contribution >= 4 is 32.2 Å². The molecule has 0 bridgehead atoms. The Morgan fingerprint density at radius 1 is 1.19 bits per heavy atom. The molecule has 2 aromatic rings. The summed E-state index contributed by atoms with van der Waals surface area (Å²) in [5.74, 6) is 0.701. The van der Waals surface area contributed by atoms with Crippen molar-refractivity contribution in [1.82, 2.24) is 15.4 Å². The number of alkyl halides is 3. The van der Waals surface area contributed by atoms with Crippen LogP contribution in [0.25, 0.3) is 10.1 Å². The number of rotatable bonds is 5. The molecule has 1 saturated heterocycles. The van der Waals surface area contributed by atoms with Gasteiger partial charge in [-0.15, -0.1) is 0 Å². The second-order valence-electron chi connectivity index (χ2n) is 7.92. The monoisotopic (exact) mass is 457 g/mol. The highest BCUT2D eigenvalue weighted by atomic mass is 32.1. The number of halogens is 3. The molecule has 0 radical (unpaired) electrons. The summed E-state index contributed by atoms with van der Waals surface area (Å²) in [6.07, 6.45) is 0.261. The van der Waals surface area contributed by atoms with Gasteiger partial charge in [-0.2, -0.15) is 18.2 Å². The van der Waals surface area contributed by atoms with Crippen LogP contribution in [0.5, 0.6) is 0 Å². The Morgan fingerprint density at radius 2 is 1.87 bits per heavy atom. The molecule has 2 heterocycles. The number of hydrogen-bond acceptors (Lipinski definition) is 8. The fraction of sp³-hybridized carbons (Fsp3) is 0.579. The molecule has 168 valence electrons. The van der Waals surface area contributed by atoms with E-state index >= 15 is 0 Å². The highest BCUT2D eigenvalue weighted by Gasteiger charge is 2.34. The van der Waals surface area contributed by atoms with E-state index in [9.17, 15) is 28.1 Å². The van der Waals surface area contributed by atoms with Crippen LogP contribution in [0, 0.1) is 16.0 Å². The average molecular weight is 457 g/mol. The maximum absolute atomic E-state index is 13.1. The van der Waals surface area contributed by atoms with Gasteiger partial charge in [0.2, 0.25) is 0 Å². The summed E-state index contributed by atoms with van der Waals surface area (Å²) in [4.78, 5) is 28.8. The number of aromatic nitrogens is 1. The summed E-state index contributed by atoms with van der Waals surface area (Å²) in [5.41, 5.74) is 0.605. The van der Waals surface area contributed by atoms with Crippen LogP contribution in [0.15, 0.2) is 16.9 Å². The Balaban J connectivity index is 1.54. The Hall–Kier alpha value is -2.31. The van der Waals surface area contributed by atoms with E-state index in [0.717, 1.165) is 17.9 Å². The van der Waals surface area contributed by atoms with Crippen LogP contribution >= 0.6 is 11.3 Å². The van der Waals surface area contributed by atoms with Gasteiger partial charge in [-0.25, -0.2) is 5.01 Å². The van der Waals surface area contributed by atoms with Gasteiger partial charge >= 0.3 is 6.18 Å². The fourth-order valence-electron chi connectivity index (χ4n) is 4.10. The summed E-state index contributed by atoms with van der Waals surface area (Å²) >= 11 is 0.884. The van der Waals surface area contributed by atoms with Crippen molar-refractivity contribution in [2.75, 3.05) is 37.6 Å². The van der Waals surface area contributed by atoms with Gasteiger partial charge in [0, 0.05) is 38.8 Å². The van der Waals surface area contributed by atoms with E-state index in [1.807, 2.05) is 4.90 Å². The number of fused-ring (bicyclic) bond motifs is 1. The SMILES string of the molecule is O=c1nc(N2CCN(NCC3CCCC3)CC2)sc2c([N+](=O)[O-])cc(C(F)(F)F)cc12. The summed E-state index contributed by atoms with van der Waals surface area (Å²) in [5, 5.41) is 13.4. The lowest BCUT2D eigenvalue weighted by molar-refractivity contribution is -0.383. The highest BCUT2D eigenvalue weighted by Crippen LogP contribution is 2.38. The molecule has 2 aliphatic rings. The number of benzene rings is 1. The largest absolute Gasteiger partial charge is 0.416 e. The zero-order chi connectivity index (χ0) is 22.2. The summed E-state index contributed by atoms with van der Waals surface area (Å²) in [7, 11) is 0. The Labute approximate surface area is 179 Å². The number of nitrogens with one attached hydrogen (secondary N) is 1. The van der Waals surface area contributed by atoms with Crippen LogP contribution in [0.1, 0.15) is 31.2 Å². The molecule has 0 unspecified atom stereocenters. The standard InChI is InChI=1S/C19H22F3N5O3S/c20-19(21,22)13-9-14-16(15(10-13)27(29)30)31-18(24-17(14)28)25-5-7-26(8-6-25)23-11-12-3-1-2-4-12/h9-10,12,23H,1-8,11H2. The second-order valence-corrected chi connectivity index (χ2v) is 8.89. The van der Waals surface area contributed by atoms with E-state index in [0.29, 0.717) is 44.2 Å². The zero-order valence-corrected chi connectivity index (χ0v) is 17.5. The number of nitrogens with zero attached hydrogens (tertiary/aromatic N) is 4. The zero-order valence-electron chi connectivity index (χ0n) is 16.7. The van der Waals surface area contributed by atoms with Crippen molar-refractivity contribution in [3.63, 3.8) is 0 Å². The Bertz CT molecular complexity index is 1030. The summed E-state index contributed by atoms with van der Waals surface area (Å²) in [6.45, 7) is 3.42. The number of hydrogen-bond donors (Lipinski definition) is 1. The molecule has 8 nitrogen and oxygen atoms in total. The lowest BCUT2D eigenvalue weighted by atomic mass is 10.1. The van der Waals surface area contributed by atoms with Crippen molar-refractivity contribution in [2.45, 2.75) is 31.9 Å². The number of non-ortho nitro benzene ring substituents is 1. The van der Waals surface area contributed by atoms with Gasteiger partial charge in [0.15, 0.2) is 5.13 Å². The van der Waals surface area contributed by atoms with Gasteiger partial charge in [-0.3, -0.25) is 20.3 Å². The lowest BCUT2D eigenvalue weighted by Crippen LogP contribution is -2.53. The van der Waals surface area contributed by atoms with Crippen molar-refractivity contribution in [1.29, 1.82) is 0 Å². The quantitative estimate of drug-likeness (QED) is 0.544. The first-order valence-electron chi connectivity index (χ1n) is 10.2. The molecule has 1 saturated carbocycles. The van der Waals surface area contributed by atoms with Crippen LogP contribution in [0.3, 0.4) is 0 Å². The number of nitro groups is 1. The molecule has 1 aliphatic carbocycles. The number of anilines is 1. The molecule has 0 atom stereocenters. The van der Waals surface area contributed by atoms with Crippen molar-refractivity contribution in [3.05, 3.63) is 38.2 Å². The molecule has 12 heteroatoms. The van der Waals surface area contributed by atoms with Crippen LogP contribution in [0.2, 0.25) is 0 Å². The number of nitro benzene ring substituents is 1. The average Bonchev–Trinajstić information content (AvgIpc) is 3.25. The van der Waals surface area contributed by atoms with Crippen molar-refractivity contribution in [3.8, 4) is 0 Å². The topological polar surface area (TPSA) is 91.6 Å². The Morgan fingerprint density at radius 3 is 2.48 bits per heavy atom. The van der Waals surface area contributed by atoms with E-state index in [2.05, 4.69) is 15.4 Å². The predicted octanol–water partition coefficient (Wildman–Crippen LogP) is 3.40. The van der Waals surface area contributed by atoms with Gasteiger partial charge in [-0.1, -0.05) is 24.2 Å². The van der Waals surface area contributed by atoms with E-state index in [1.54, 1.807) is 0 Å². The first kappa shape index (κ1) is 21.9. The van der Waals surface area contributed by atoms with Crippen molar-refractivity contribution in [2.24, 2.45) is 5.92 Å². The third-order valence-electron chi connectivity index (χ3n) is 5.84. The van der Waals surface area contributed by atoms with Crippen LogP contribution in [-0.2, 0) is 6.18 Å². The maximum Gasteiger partial charge on any atom is 0.416 e. The van der Waals surface area contributed by atoms with Crippen LogP contribution < -0.4 is 15.9 Å². The molecule has 0 spiro atoms. The maximum atomic E-state index is 13.1. The van der Waals surface area contributed by atoms with Gasteiger partial charge in [0.05, 0.1) is 15.9 Å². The van der Waals surface area contributed by atoms with Gasteiger partial charge < -0.3 is 4.90 Å². The molecule has 1 aromatic heterocycles. The van der Waals surface area contributed by atoms with Crippen LogP contribution in [-0.4, -0.2) is 47.6 Å². The fourth-order valence-corrected chi connectivity index (χ4v) is 5.22. The molecule has 31 heavy (non-hydrogen) atoms. The molecule has 1 N–H and O–H groups in total. The summed E-state index contributed by atoms with van der Waals surface area (Å²) in [6, 6.07) is 1.12. The van der Waals surface area contributed by atoms with E-state index in [-0.39, 0.29) is 15.2 Å². The van der Waals surface area contributed by atoms with Gasteiger partial charge in [0.25, 0.3) is 11.2 Å². The minimum absolute atomic E-state index is 0.0882. The van der Waals surface area contributed by atoms with E-state index < -0.39 is 27.9 Å². The first-order chi connectivity index (χ1) is 14.7. The van der Waals surface area contributed by atoms with Crippen molar-refractivity contribution < 1.29 is 18.1 Å². The Kier molecular flexibility index (Phi) is 6.13.